The number of sulfone groups is 1. The lowest BCUT2D eigenvalue weighted by molar-refractivity contribution is -0.0551. The summed E-state index contributed by atoms with van der Waals surface area (Å²) in [4.78, 5) is 0.263. The first kappa shape index (κ1) is 15.5. The Morgan fingerprint density at radius 3 is 2.12 bits per heavy atom. The summed E-state index contributed by atoms with van der Waals surface area (Å²) in [5.74, 6) is 2.10. The Labute approximate surface area is 147 Å². The standard InChI is InChI=1S/C18H22N4O2S/c1-12-2-4-16(5-3-12)25(23,24)17-19-20-21-22(17)18-9-13-6-14(10-18)8-15(7-13)11-18/h2-5,13-15H,6-11H2,1H3. The molecule has 132 valence electrons. The summed E-state index contributed by atoms with van der Waals surface area (Å²) in [6, 6.07) is 6.91. The Kier molecular flexibility index (Phi) is 3.18. The minimum atomic E-state index is -3.71. The largest absolute Gasteiger partial charge is 0.273 e. The van der Waals surface area contributed by atoms with Crippen LogP contribution in [0.1, 0.15) is 44.1 Å². The van der Waals surface area contributed by atoms with E-state index in [1.54, 1.807) is 16.8 Å². The molecule has 1 aromatic carbocycles. The maximum Gasteiger partial charge on any atom is 0.273 e. The van der Waals surface area contributed by atoms with E-state index in [1.165, 1.54) is 19.3 Å². The number of aryl methyl sites for hydroxylation is 1. The van der Waals surface area contributed by atoms with Crippen molar-refractivity contribution in [1.82, 2.24) is 20.2 Å². The van der Waals surface area contributed by atoms with Crippen LogP contribution in [0.5, 0.6) is 0 Å². The van der Waals surface area contributed by atoms with E-state index in [0.717, 1.165) is 24.8 Å². The van der Waals surface area contributed by atoms with Crippen LogP contribution in [0.3, 0.4) is 0 Å². The molecule has 6 nitrogen and oxygen atoms in total. The van der Waals surface area contributed by atoms with E-state index in [2.05, 4.69) is 15.5 Å². The minimum absolute atomic E-state index is 0.0123. The molecular formula is C18H22N4O2S. The van der Waals surface area contributed by atoms with Gasteiger partial charge in [0.25, 0.3) is 5.16 Å². The molecule has 4 aliphatic carbocycles. The first-order chi connectivity index (χ1) is 12.0. The SMILES string of the molecule is Cc1ccc(S(=O)(=O)c2nnnn2C23CC4CC(CC(C4)C2)C3)cc1. The van der Waals surface area contributed by atoms with Gasteiger partial charge in [-0.2, -0.15) is 0 Å². The van der Waals surface area contributed by atoms with E-state index >= 15 is 0 Å². The highest BCUT2D eigenvalue weighted by molar-refractivity contribution is 7.91. The van der Waals surface area contributed by atoms with Crippen molar-refractivity contribution in [3.8, 4) is 0 Å². The van der Waals surface area contributed by atoms with Crippen molar-refractivity contribution >= 4 is 9.84 Å². The third kappa shape index (κ3) is 2.28. The van der Waals surface area contributed by atoms with Crippen molar-refractivity contribution in [3.05, 3.63) is 29.8 Å². The van der Waals surface area contributed by atoms with Gasteiger partial charge in [0, 0.05) is 0 Å². The molecular weight excluding hydrogens is 336 g/mol. The molecule has 0 aliphatic heterocycles. The number of hydrogen-bond donors (Lipinski definition) is 0. The highest BCUT2D eigenvalue weighted by Crippen LogP contribution is 2.58. The van der Waals surface area contributed by atoms with E-state index in [0.29, 0.717) is 17.8 Å². The molecule has 4 bridgehead atoms. The summed E-state index contributed by atoms with van der Waals surface area (Å²) in [6.07, 6.45) is 6.92. The van der Waals surface area contributed by atoms with Gasteiger partial charge in [0.05, 0.1) is 10.4 Å². The summed E-state index contributed by atoms with van der Waals surface area (Å²) in [5.41, 5.74) is 0.824. The Hall–Kier alpha value is -1.76. The number of nitrogens with zero attached hydrogens (tertiary/aromatic N) is 4. The number of aromatic nitrogens is 4. The van der Waals surface area contributed by atoms with E-state index < -0.39 is 9.84 Å². The molecule has 6 rings (SSSR count). The lowest BCUT2D eigenvalue weighted by Gasteiger charge is -2.56. The Morgan fingerprint density at radius 2 is 1.56 bits per heavy atom. The molecule has 0 spiro atoms. The molecule has 1 aromatic heterocycles. The molecule has 0 radical (unpaired) electrons. The summed E-state index contributed by atoms with van der Waals surface area (Å²) < 4.78 is 28.0. The van der Waals surface area contributed by atoms with Crippen LogP contribution in [0.25, 0.3) is 0 Å². The van der Waals surface area contributed by atoms with Gasteiger partial charge in [0.15, 0.2) is 0 Å². The molecule has 2 aromatic rings. The molecule has 0 unspecified atom stereocenters. The highest BCUT2D eigenvalue weighted by atomic mass is 32.2. The van der Waals surface area contributed by atoms with Gasteiger partial charge in [-0.25, -0.2) is 13.1 Å². The second-order valence-corrected chi connectivity index (χ2v) is 10.2. The van der Waals surface area contributed by atoms with Crippen LogP contribution in [0.15, 0.2) is 34.3 Å². The third-order valence-electron chi connectivity index (χ3n) is 6.47. The van der Waals surface area contributed by atoms with Crippen LogP contribution in [0, 0.1) is 24.7 Å². The van der Waals surface area contributed by atoms with Crippen LogP contribution in [0.4, 0.5) is 0 Å². The Bertz CT molecular complexity index is 882. The smallest absolute Gasteiger partial charge is 0.215 e. The van der Waals surface area contributed by atoms with Gasteiger partial charge in [0.2, 0.25) is 9.84 Å². The maximum atomic E-state index is 13.2. The highest BCUT2D eigenvalue weighted by Gasteiger charge is 2.54. The van der Waals surface area contributed by atoms with E-state index in [4.69, 9.17) is 0 Å². The summed E-state index contributed by atoms with van der Waals surface area (Å²) in [5, 5.41) is 11.9. The third-order valence-corrected chi connectivity index (χ3v) is 8.10. The number of benzene rings is 1. The van der Waals surface area contributed by atoms with Crippen LogP contribution < -0.4 is 0 Å². The number of rotatable bonds is 3. The molecule has 4 saturated carbocycles. The zero-order chi connectivity index (χ0) is 17.2. The zero-order valence-corrected chi connectivity index (χ0v) is 15.1. The quantitative estimate of drug-likeness (QED) is 0.843. The fourth-order valence-corrected chi connectivity index (χ4v) is 7.10. The molecule has 1 heterocycles. The average Bonchev–Trinajstić information content (AvgIpc) is 3.05. The second kappa shape index (κ2) is 5.13. The molecule has 4 fully saturated rings. The summed E-state index contributed by atoms with van der Waals surface area (Å²) in [7, 11) is -3.71. The van der Waals surface area contributed by atoms with E-state index in [-0.39, 0.29) is 15.6 Å². The molecule has 7 heteroatoms. The molecule has 0 N–H and O–H groups in total. The predicted octanol–water partition coefficient (Wildman–Crippen LogP) is 2.74. The van der Waals surface area contributed by atoms with Crippen molar-refractivity contribution in [2.45, 2.75) is 61.0 Å². The molecule has 25 heavy (non-hydrogen) atoms. The van der Waals surface area contributed by atoms with Gasteiger partial charge in [0.1, 0.15) is 0 Å². The van der Waals surface area contributed by atoms with Crippen molar-refractivity contribution < 1.29 is 8.42 Å². The average molecular weight is 358 g/mol. The summed E-state index contributed by atoms with van der Waals surface area (Å²) in [6.45, 7) is 1.94. The molecule has 0 amide bonds. The van der Waals surface area contributed by atoms with Crippen molar-refractivity contribution in [3.63, 3.8) is 0 Å². The van der Waals surface area contributed by atoms with Crippen molar-refractivity contribution in [2.75, 3.05) is 0 Å². The van der Waals surface area contributed by atoms with Gasteiger partial charge in [-0.1, -0.05) is 22.8 Å². The lowest BCUT2D eigenvalue weighted by atomic mass is 9.53. The Balaban J connectivity index is 1.60. The van der Waals surface area contributed by atoms with Crippen LogP contribution in [0.2, 0.25) is 0 Å². The molecule has 0 saturated heterocycles. The second-order valence-electron chi connectivity index (χ2n) is 8.33. The minimum Gasteiger partial charge on any atom is -0.215 e. The van der Waals surface area contributed by atoms with Gasteiger partial charge in [-0.15, -0.1) is 0 Å². The predicted molar refractivity (Wildman–Crippen MR) is 90.6 cm³/mol. The molecule has 0 atom stereocenters. The molecule has 4 aliphatic rings. The topological polar surface area (TPSA) is 77.7 Å². The van der Waals surface area contributed by atoms with Crippen LogP contribution in [-0.4, -0.2) is 28.6 Å². The van der Waals surface area contributed by atoms with Gasteiger partial charge in [-0.3, -0.25) is 0 Å². The van der Waals surface area contributed by atoms with Crippen molar-refractivity contribution in [1.29, 1.82) is 0 Å². The fraction of sp³-hybridized carbons (Fsp3) is 0.611. The first-order valence-electron chi connectivity index (χ1n) is 9.07. The van der Waals surface area contributed by atoms with Crippen LogP contribution in [-0.2, 0) is 15.4 Å². The van der Waals surface area contributed by atoms with Crippen molar-refractivity contribution in [2.24, 2.45) is 17.8 Å². The van der Waals surface area contributed by atoms with Gasteiger partial charge in [-0.05, 0) is 85.8 Å². The van der Waals surface area contributed by atoms with E-state index in [1.807, 2.05) is 19.1 Å². The van der Waals surface area contributed by atoms with Gasteiger partial charge < -0.3 is 0 Å². The summed E-state index contributed by atoms with van der Waals surface area (Å²) >= 11 is 0. The fourth-order valence-electron chi connectivity index (χ4n) is 5.79. The van der Waals surface area contributed by atoms with Crippen LogP contribution >= 0.6 is 0 Å². The first-order valence-corrected chi connectivity index (χ1v) is 10.6. The number of tetrazole rings is 1. The zero-order valence-electron chi connectivity index (χ0n) is 14.3. The number of hydrogen-bond acceptors (Lipinski definition) is 5. The van der Waals surface area contributed by atoms with E-state index in [9.17, 15) is 8.42 Å². The normalized spacial score (nSPS) is 33.7. The Morgan fingerprint density at radius 1 is 1.00 bits per heavy atom. The van der Waals surface area contributed by atoms with Gasteiger partial charge >= 0.3 is 0 Å². The monoisotopic (exact) mass is 358 g/mol. The lowest BCUT2D eigenvalue weighted by Crippen LogP contribution is -2.52. The maximum absolute atomic E-state index is 13.2.